The SMILES string of the molecule is CC(CO)NC(=O)C1(Cc2ccc(-c3cccnc3)cc2F)CCOCC1. The van der Waals surface area contributed by atoms with E-state index in [1.807, 2.05) is 18.2 Å². The van der Waals surface area contributed by atoms with E-state index in [9.17, 15) is 14.3 Å². The molecule has 0 aliphatic carbocycles. The van der Waals surface area contributed by atoms with Crippen LogP contribution in [0.3, 0.4) is 0 Å². The normalized spacial score (nSPS) is 17.3. The van der Waals surface area contributed by atoms with E-state index in [0.717, 1.165) is 11.1 Å². The molecule has 1 amide bonds. The van der Waals surface area contributed by atoms with Gasteiger partial charge in [-0.25, -0.2) is 4.39 Å². The fraction of sp³-hybridized carbons (Fsp3) is 0.429. The van der Waals surface area contributed by atoms with Crippen molar-refractivity contribution in [2.24, 2.45) is 5.41 Å². The molecule has 1 aromatic heterocycles. The number of carbonyl (C=O) groups excluding carboxylic acids is 1. The van der Waals surface area contributed by atoms with E-state index in [1.54, 1.807) is 25.4 Å². The number of benzene rings is 1. The Balaban J connectivity index is 1.84. The molecule has 1 aromatic carbocycles. The van der Waals surface area contributed by atoms with E-state index in [-0.39, 0.29) is 24.4 Å². The van der Waals surface area contributed by atoms with Crippen molar-refractivity contribution in [1.82, 2.24) is 10.3 Å². The maximum Gasteiger partial charge on any atom is 0.227 e. The summed E-state index contributed by atoms with van der Waals surface area (Å²) in [7, 11) is 0. The number of nitrogens with zero attached hydrogens (tertiary/aromatic N) is 1. The molecule has 0 radical (unpaired) electrons. The minimum absolute atomic E-state index is 0.132. The molecule has 3 rings (SSSR count). The Kier molecular flexibility index (Phi) is 6.19. The van der Waals surface area contributed by atoms with Crippen LogP contribution in [-0.4, -0.2) is 41.9 Å². The third-order valence-corrected chi connectivity index (χ3v) is 5.16. The van der Waals surface area contributed by atoms with Gasteiger partial charge in [-0.3, -0.25) is 9.78 Å². The van der Waals surface area contributed by atoms with Crippen LogP contribution in [0.4, 0.5) is 4.39 Å². The molecule has 1 fully saturated rings. The van der Waals surface area contributed by atoms with Crippen molar-refractivity contribution in [3.8, 4) is 11.1 Å². The summed E-state index contributed by atoms with van der Waals surface area (Å²) in [5.74, 6) is -0.478. The van der Waals surface area contributed by atoms with Gasteiger partial charge in [-0.2, -0.15) is 0 Å². The monoisotopic (exact) mass is 372 g/mol. The van der Waals surface area contributed by atoms with E-state index in [4.69, 9.17) is 4.74 Å². The highest BCUT2D eigenvalue weighted by molar-refractivity contribution is 5.83. The van der Waals surface area contributed by atoms with Gasteiger partial charge in [0.2, 0.25) is 5.91 Å². The van der Waals surface area contributed by atoms with Gasteiger partial charge in [-0.1, -0.05) is 18.2 Å². The van der Waals surface area contributed by atoms with Gasteiger partial charge in [0.15, 0.2) is 0 Å². The van der Waals surface area contributed by atoms with Crippen molar-refractivity contribution < 1.29 is 19.0 Å². The topological polar surface area (TPSA) is 71.5 Å². The van der Waals surface area contributed by atoms with Crippen molar-refractivity contribution in [2.45, 2.75) is 32.2 Å². The van der Waals surface area contributed by atoms with Crippen LogP contribution in [0.15, 0.2) is 42.7 Å². The molecule has 1 unspecified atom stereocenters. The molecular formula is C21H25FN2O3. The summed E-state index contributed by atoms with van der Waals surface area (Å²) >= 11 is 0. The first kappa shape index (κ1) is 19.5. The van der Waals surface area contributed by atoms with Crippen molar-refractivity contribution in [1.29, 1.82) is 0 Å². The Hall–Kier alpha value is -2.31. The van der Waals surface area contributed by atoms with Gasteiger partial charge in [0.05, 0.1) is 12.0 Å². The largest absolute Gasteiger partial charge is 0.394 e. The first-order valence-electron chi connectivity index (χ1n) is 9.22. The molecule has 1 aliphatic rings. The Morgan fingerprint density at radius 1 is 1.33 bits per heavy atom. The van der Waals surface area contributed by atoms with Crippen LogP contribution in [0.1, 0.15) is 25.3 Å². The highest BCUT2D eigenvalue weighted by atomic mass is 19.1. The lowest BCUT2D eigenvalue weighted by Gasteiger charge is -2.36. The molecule has 1 saturated heterocycles. The quantitative estimate of drug-likeness (QED) is 0.818. The predicted octanol–water partition coefficient (Wildman–Crippen LogP) is 2.72. The van der Waals surface area contributed by atoms with Crippen molar-refractivity contribution >= 4 is 5.91 Å². The molecule has 0 bridgehead atoms. The van der Waals surface area contributed by atoms with Gasteiger partial charge in [0.25, 0.3) is 0 Å². The third kappa shape index (κ3) is 4.51. The van der Waals surface area contributed by atoms with E-state index >= 15 is 0 Å². The Bertz CT molecular complexity index is 776. The van der Waals surface area contributed by atoms with E-state index in [2.05, 4.69) is 10.3 Å². The summed E-state index contributed by atoms with van der Waals surface area (Å²) in [6.45, 7) is 2.55. The lowest BCUT2D eigenvalue weighted by atomic mass is 9.74. The molecule has 6 heteroatoms. The van der Waals surface area contributed by atoms with Crippen LogP contribution in [-0.2, 0) is 16.0 Å². The number of pyridine rings is 1. The summed E-state index contributed by atoms with van der Waals surface area (Å²) in [4.78, 5) is 17.0. The maximum absolute atomic E-state index is 14.8. The van der Waals surface area contributed by atoms with Crippen LogP contribution in [0.5, 0.6) is 0 Å². The van der Waals surface area contributed by atoms with Crippen LogP contribution < -0.4 is 5.32 Å². The fourth-order valence-electron chi connectivity index (χ4n) is 3.44. The smallest absolute Gasteiger partial charge is 0.227 e. The Morgan fingerprint density at radius 2 is 2.11 bits per heavy atom. The van der Waals surface area contributed by atoms with Gasteiger partial charge in [0, 0.05) is 37.2 Å². The number of aliphatic hydroxyl groups excluding tert-OH is 1. The predicted molar refractivity (Wildman–Crippen MR) is 101 cm³/mol. The number of nitrogens with one attached hydrogen (secondary N) is 1. The van der Waals surface area contributed by atoms with Crippen LogP contribution >= 0.6 is 0 Å². The summed E-state index contributed by atoms with van der Waals surface area (Å²) in [5.41, 5.74) is 1.39. The number of rotatable bonds is 6. The van der Waals surface area contributed by atoms with Gasteiger partial charge in [-0.15, -0.1) is 0 Å². The molecule has 2 N–H and O–H groups in total. The highest BCUT2D eigenvalue weighted by Crippen LogP contribution is 2.36. The molecule has 144 valence electrons. The van der Waals surface area contributed by atoms with E-state index < -0.39 is 5.41 Å². The molecule has 0 saturated carbocycles. The summed E-state index contributed by atoms with van der Waals surface area (Å²) in [6.07, 6.45) is 4.73. The lowest BCUT2D eigenvalue weighted by Crippen LogP contribution is -2.49. The number of amides is 1. The van der Waals surface area contributed by atoms with E-state index in [0.29, 0.717) is 38.0 Å². The number of aliphatic hydroxyl groups is 1. The second-order valence-corrected chi connectivity index (χ2v) is 7.17. The molecule has 27 heavy (non-hydrogen) atoms. The van der Waals surface area contributed by atoms with Gasteiger partial charge in [0.1, 0.15) is 5.82 Å². The molecule has 2 heterocycles. The molecule has 0 spiro atoms. The average Bonchev–Trinajstić information content (AvgIpc) is 2.70. The number of carbonyl (C=O) groups is 1. The second-order valence-electron chi connectivity index (χ2n) is 7.17. The maximum atomic E-state index is 14.8. The first-order valence-corrected chi connectivity index (χ1v) is 9.22. The second kappa shape index (κ2) is 8.59. The van der Waals surface area contributed by atoms with Crippen LogP contribution in [0.2, 0.25) is 0 Å². The summed E-state index contributed by atoms with van der Waals surface area (Å²) in [5, 5.41) is 12.1. The zero-order valence-corrected chi connectivity index (χ0v) is 15.5. The summed E-state index contributed by atoms with van der Waals surface area (Å²) in [6, 6.07) is 8.45. The number of aromatic nitrogens is 1. The number of ether oxygens (including phenoxy) is 1. The zero-order chi connectivity index (χ0) is 19.3. The van der Waals surface area contributed by atoms with Crippen molar-refractivity contribution in [3.63, 3.8) is 0 Å². The fourth-order valence-corrected chi connectivity index (χ4v) is 3.44. The zero-order valence-electron chi connectivity index (χ0n) is 15.5. The Labute approximate surface area is 158 Å². The van der Waals surface area contributed by atoms with Crippen LogP contribution in [0, 0.1) is 11.2 Å². The Morgan fingerprint density at radius 3 is 2.74 bits per heavy atom. The summed E-state index contributed by atoms with van der Waals surface area (Å²) < 4.78 is 20.3. The highest BCUT2D eigenvalue weighted by Gasteiger charge is 2.41. The molecule has 2 aromatic rings. The third-order valence-electron chi connectivity index (χ3n) is 5.16. The van der Waals surface area contributed by atoms with Gasteiger partial charge in [-0.05, 0) is 49.4 Å². The minimum Gasteiger partial charge on any atom is -0.394 e. The standard InChI is InChI=1S/C21H25FN2O3/c1-15(14-25)24-20(26)21(6-9-27-10-7-21)12-17-5-4-16(11-19(17)22)18-3-2-8-23-13-18/h2-5,8,11,13,15,25H,6-7,9-10,12,14H2,1H3,(H,24,26). The molecule has 5 nitrogen and oxygen atoms in total. The van der Waals surface area contributed by atoms with Gasteiger partial charge < -0.3 is 15.2 Å². The van der Waals surface area contributed by atoms with Crippen molar-refractivity contribution in [2.75, 3.05) is 19.8 Å². The minimum atomic E-state index is -0.724. The van der Waals surface area contributed by atoms with Crippen LogP contribution in [0.25, 0.3) is 11.1 Å². The van der Waals surface area contributed by atoms with Crippen molar-refractivity contribution in [3.05, 3.63) is 54.1 Å². The molecule has 1 atom stereocenters. The first-order chi connectivity index (χ1) is 13.0. The molecule has 1 aliphatic heterocycles. The number of hydrogen-bond acceptors (Lipinski definition) is 4. The average molecular weight is 372 g/mol. The lowest BCUT2D eigenvalue weighted by molar-refractivity contribution is -0.137. The number of halogens is 1. The van der Waals surface area contributed by atoms with Gasteiger partial charge >= 0.3 is 0 Å². The van der Waals surface area contributed by atoms with E-state index in [1.165, 1.54) is 6.07 Å². The molecular weight excluding hydrogens is 347 g/mol. The number of hydrogen-bond donors (Lipinski definition) is 2.